The van der Waals surface area contributed by atoms with Crippen molar-refractivity contribution in [3.63, 3.8) is 0 Å². The molecule has 3 heterocycles. The van der Waals surface area contributed by atoms with Crippen LogP contribution in [0.5, 0.6) is 0 Å². The molecule has 3 aromatic heterocycles. The molecule has 18 heavy (non-hydrogen) atoms. The maximum absolute atomic E-state index is 10.6. The first kappa shape index (κ1) is 10.3. The first-order valence-corrected chi connectivity index (χ1v) is 5.14. The topological polar surface area (TPSA) is 99.6 Å². The SMILES string of the molecule is Nc1c(-c2ccc([N+](=O)[O-])o2)nc2ccccn12. The summed E-state index contributed by atoms with van der Waals surface area (Å²) in [5, 5.41) is 10.6. The highest BCUT2D eigenvalue weighted by Gasteiger charge is 2.18. The van der Waals surface area contributed by atoms with E-state index >= 15 is 0 Å². The molecule has 0 aliphatic rings. The number of hydrogen-bond donors (Lipinski definition) is 1. The monoisotopic (exact) mass is 244 g/mol. The fourth-order valence-corrected chi connectivity index (χ4v) is 1.75. The Balaban J connectivity index is 2.18. The van der Waals surface area contributed by atoms with E-state index < -0.39 is 4.92 Å². The van der Waals surface area contributed by atoms with Crippen molar-refractivity contribution in [2.75, 3.05) is 5.73 Å². The van der Waals surface area contributed by atoms with Crippen LogP contribution >= 0.6 is 0 Å². The highest BCUT2D eigenvalue weighted by molar-refractivity contribution is 5.72. The van der Waals surface area contributed by atoms with Crippen molar-refractivity contribution in [1.82, 2.24) is 9.38 Å². The van der Waals surface area contributed by atoms with Crippen LogP contribution in [-0.4, -0.2) is 14.3 Å². The average molecular weight is 244 g/mol. The van der Waals surface area contributed by atoms with E-state index in [0.29, 0.717) is 17.2 Å². The first-order chi connectivity index (χ1) is 8.66. The quantitative estimate of drug-likeness (QED) is 0.549. The number of imidazole rings is 1. The van der Waals surface area contributed by atoms with Crippen LogP contribution in [0.4, 0.5) is 11.7 Å². The van der Waals surface area contributed by atoms with Crippen LogP contribution < -0.4 is 5.73 Å². The van der Waals surface area contributed by atoms with Gasteiger partial charge in [0, 0.05) is 6.20 Å². The summed E-state index contributed by atoms with van der Waals surface area (Å²) in [6.07, 6.45) is 1.76. The predicted molar refractivity (Wildman–Crippen MR) is 64.0 cm³/mol. The molecule has 0 saturated carbocycles. The molecule has 7 heteroatoms. The zero-order valence-corrected chi connectivity index (χ0v) is 9.11. The molecule has 0 amide bonds. The Hall–Kier alpha value is -2.83. The molecule has 2 N–H and O–H groups in total. The van der Waals surface area contributed by atoms with Crippen LogP contribution in [0.3, 0.4) is 0 Å². The summed E-state index contributed by atoms with van der Waals surface area (Å²) >= 11 is 0. The van der Waals surface area contributed by atoms with Crippen molar-refractivity contribution in [1.29, 1.82) is 0 Å². The molecule has 0 atom stereocenters. The number of anilines is 1. The van der Waals surface area contributed by atoms with Gasteiger partial charge in [-0.15, -0.1) is 0 Å². The number of nitro groups is 1. The van der Waals surface area contributed by atoms with Crippen molar-refractivity contribution in [2.24, 2.45) is 0 Å². The van der Waals surface area contributed by atoms with E-state index in [2.05, 4.69) is 4.98 Å². The van der Waals surface area contributed by atoms with E-state index in [9.17, 15) is 10.1 Å². The molecule has 90 valence electrons. The van der Waals surface area contributed by atoms with Crippen LogP contribution in [0.15, 0.2) is 40.9 Å². The third-order valence-corrected chi connectivity index (χ3v) is 2.57. The average Bonchev–Trinajstić information content (AvgIpc) is 2.95. The fraction of sp³-hybridized carbons (Fsp3) is 0. The molecule has 0 aromatic carbocycles. The lowest BCUT2D eigenvalue weighted by Crippen LogP contribution is -1.92. The second-order valence-electron chi connectivity index (χ2n) is 3.67. The molecule has 3 rings (SSSR count). The van der Waals surface area contributed by atoms with Gasteiger partial charge in [-0.2, -0.15) is 0 Å². The Morgan fingerprint density at radius 2 is 2.17 bits per heavy atom. The summed E-state index contributed by atoms with van der Waals surface area (Å²) in [4.78, 5) is 14.2. The number of nitrogens with zero attached hydrogens (tertiary/aromatic N) is 3. The number of aromatic nitrogens is 2. The summed E-state index contributed by atoms with van der Waals surface area (Å²) in [5.41, 5.74) is 6.98. The van der Waals surface area contributed by atoms with Gasteiger partial charge in [0.2, 0.25) is 0 Å². The Bertz CT molecular complexity index is 744. The summed E-state index contributed by atoms with van der Waals surface area (Å²) in [7, 11) is 0. The van der Waals surface area contributed by atoms with Crippen molar-refractivity contribution >= 4 is 17.3 Å². The molecule has 7 nitrogen and oxygen atoms in total. The number of nitrogen functional groups attached to an aromatic ring is 1. The fourth-order valence-electron chi connectivity index (χ4n) is 1.75. The lowest BCUT2D eigenvalue weighted by atomic mass is 10.3. The van der Waals surface area contributed by atoms with Gasteiger partial charge < -0.3 is 10.2 Å². The van der Waals surface area contributed by atoms with E-state index in [0.717, 1.165) is 0 Å². The molecule has 3 aromatic rings. The summed E-state index contributed by atoms with van der Waals surface area (Å²) < 4.78 is 6.77. The van der Waals surface area contributed by atoms with Crippen LogP contribution in [0.25, 0.3) is 17.1 Å². The van der Waals surface area contributed by atoms with E-state index in [4.69, 9.17) is 10.2 Å². The van der Waals surface area contributed by atoms with Gasteiger partial charge in [-0.05, 0) is 18.2 Å². The molecule has 0 radical (unpaired) electrons. The smallest absolute Gasteiger partial charge is 0.399 e. The second-order valence-corrected chi connectivity index (χ2v) is 3.67. The van der Waals surface area contributed by atoms with Gasteiger partial charge >= 0.3 is 5.88 Å². The number of furan rings is 1. The van der Waals surface area contributed by atoms with Gasteiger partial charge in [-0.3, -0.25) is 14.5 Å². The number of nitrogens with two attached hydrogens (primary N) is 1. The van der Waals surface area contributed by atoms with Gasteiger partial charge in [0.15, 0.2) is 5.76 Å². The first-order valence-electron chi connectivity index (χ1n) is 5.14. The maximum atomic E-state index is 10.6. The number of rotatable bonds is 2. The van der Waals surface area contributed by atoms with Crippen molar-refractivity contribution in [3.05, 3.63) is 46.6 Å². The third kappa shape index (κ3) is 1.41. The number of pyridine rings is 1. The number of fused-ring (bicyclic) bond motifs is 1. The molecule has 0 aliphatic heterocycles. The van der Waals surface area contributed by atoms with Crippen LogP contribution in [-0.2, 0) is 0 Å². The second kappa shape index (κ2) is 3.59. The van der Waals surface area contributed by atoms with Crippen molar-refractivity contribution in [3.8, 4) is 11.5 Å². The van der Waals surface area contributed by atoms with E-state index in [1.165, 1.54) is 12.1 Å². The van der Waals surface area contributed by atoms with Gasteiger partial charge in [-0.25, -0.2) is 4.98 Å². The predicted octanol–water partition coefficient (Wildman–Crippen LogP) is 2.08. The molecular formula is C11H8N4O3. The molecule has 0 unspecified atom stereocenters. The summed E-state index contributed by atoms with van der Waals surface area (Å²) in [6.45, 7) is 0. The zero-order valence-electron chi connectivity index (χ0n) is 9.11. The molecule has 0 fully saturated rings. The molecule has 0 aliphatic carbocycles. The highest BCUT2D eigenvalue weighted by Crippen LogP contribution is 2.30. The van der Waals surface area contributed by atoms with Crippen LogP contribution in [0.2, 0.25) is 0 Å². The maximum Gasteiger partial charge on any atom is 0.433 e. The lowest BCUT2D eigenvalue weighted by molar-refractivity contribution is -0.401. The minimum atomic E-state index is -0.602. The largest absolute Gasteiger partial charge is 0.433 e. The van der Waals surface area contributed by atoms with E-state index in [1.54, 1.807) is 16.7 Å². The summed E-state index contributed by atoms with van der Waals surface area (Å²) in [6, 6.07) is 8.20. The standard InChI is InChI=1S/C11H8N4O3/c12-11-10(7-4-5-9(18-7)15(16)17)13-8-3-1-2-6-14(8)11/h1-6H,12H2. The highest BCUT2D eigenvalue weighted by atomic mass is 16.6. The third-order valence-electron chi connectivity index (χ3n) is 2.57. The van der Waals surface area contributed by atoms with Gasteiger partial charge in [0.05, 0.1) is 6.07 Å². The van der Waals surface area contributed by atoms with E-state index in [1.807, 2.05) is 12.1 Å². The Kier molecular flexibility index (Phi) is 2.06. The Morgan fingerprint density at radius 3 is 2.83 bits per heavy atom. The number of hydrogen-bond acceptors (Lipinski definition) is 5. The molecule has 0 bridgehead atoms. The minimum absolute atomic E-state index is 0.280. The van der Waals surface area contributed by atoms with Crippen LogP contribution in [0, 0.1) is 10.1 Å². The normalized spacial score (nSPS) is 10.9. The minimum Gasteiger partial charge on any atom is -0.399 e. The van der Waals surface area contributed by atoms with E-state index in [-0.39, 0.29) is 11.6 Å². The van der Waals surface area contributed by atoms with Gasteiger partial charge in [0.25, 0.3) is 0 Å². The van der Waals surface area contributed by atoms with Gasteiger partial charge in [0.1, 0.15) is 22.1 Å². The van der Waals surface area contributed by atoms with Crippen LogP contribution in [0.1, 0.15) is 0 Å². The lowest BCUT2D eigenvalue weighted by Gasteiger charge is -1.94. The Morgan fingerprint density at radius 1 is 1.33 bits per heavy atom. The zero-order chi connectivity index (χ0) is 12.7. The Labute approximate surface area is 101 Å². The summed E-state index contributed by atoms with van der Waals surface area (Å²) in [5.74, 6) is 0.333. The molecule has 0 saturated heterocycles. The molecular weight excluding hydrogens is 236 g/mol. The van der Waals surface area contributed by atoms with Gasteiger partial charge in [-0.1, -0.05) is 6.07 Å². The molecule has 0 spiro atoms. The van der Waals surface area contributed by atoms with Crippen molar-refractivity contribution < 1.29 is 9.34 Å². The van der Waals surface area contributed by atoms with Crippen molar-refractivity contribution in [2.45, 2.75) is 0 Å².